The van der Waals surface area contributed by atoms with E-state index >= 15 is 0 Å². The highest BCUT2D eigenvalue weighted by molar-refractivity contribution is 7.91. The fraction of sp³-hybridized carbons (Fsp3) is 0.250. The zero-order valence-electron chi connectivity index (χ0n) is 13.9. The first kappa shape index (κ1) is 18.3. The number of aryl methyl sites for hydroxylation is 1. The van der Waals surface area contributed by atoms with Crippen LogP contribution in [0.15, 0.2) is 46.6 Å². The number of hydrogen-bond donors (Lipinski definition) is 1. The molecule has 8 heteroatoms. The minimum atomic E-state index is -3.81. The molecule has 0 amide bonds. The number of thiol groups is 1. The van der Waals surface area contributed by atoms with Gasteiger partial charge >= 0.3 is 0 Å². The topological polar surface area (TPSA) is 74.1 Å². The molecule has 3 aromatic rings. The number of methoxy groups -OCH3 is 1. The Balaban J connectivity index is 0.00000100. The first-order valence-corrected chi connectivity index (χ1v) is 9.26. The van der Waals surface area contributed by atoms with Crippen LogP contribution in [-0.4, -0.2) is 29.5 Å². The van der Waals surface area contributed by atoms with Gasteiger partial charge in [0.25, 0.3) is 10.0 Å². The van der Waals surface area contributed by atoms with Gasteiger partial charge in [-0.25, -0.2) is 22.4 Å². The van der Waals surface area contributed by atoms with Crippen molar-refractivity contribution in [3.63, 3.8) is 0 Å². The average molecular weight is 365 g/mol. The summed E-state index contributed by atoms with van der Waals surface area (Å²) < 4.78 is 32.1. The monoisotopic (exact) mass is 365 g/mol. The molecule has 0 aliphatic rings. The Labute approximate surface area is 147 Å². The van der Waals surface area contributed by atoms with E-state index in [1.54, 1.807) is 25.1 Å². The summed E-state index contributed by atoms with van der Waals surface area (Å²) in [4.78, 5) is 8.29. The number of benzene rings is 1. The molecule has 3 rings (SSSR count). The molecule has 0 unspecified atom stereocenters. The maximum atomic E-state index is 12.9. The standard InChI is InChI=1S/C14H13N3O3S2.C2H6/c1-9-11-12(15-8-16-13(11)20-2)17(14(9)21)22(18,19)10-6-4-3-5-7-10;1-2/h3-8,21H,1-2H3;1-2H3. The molecule has 0 radical (unpaired) electrons. The zero-order valence-corrected chi connectivity index (χ0v) is 15.6. The third-order valence-electron chi connectivity index (χ3n) is 3.36. The molecule has 0 bridgehead atoms. The van der Waals surface area contributed by atoms with Crippen molar-refractivity contribution in [2.45, 2.75) is 30.7 Å². The molecule has 0 aliphatic carbocycles. The van der Waals surface area contributed by atoms with Crippen molar-refractivity contribution >= 4 is 33.7 Å². The minimum Gasteiger partial charge on any atom is -0.480 e. The second kappa shape index (κ2) is 7.23. The highest BCUT2D eigenvalue weighted by atomic mass is 32.2. The van der Waals surface area contributed by atoms with Crippen molar-refractivity contribution in [1.82, 2.24) is 13.9 Å². The molecular weight excluding hydrogens is 346 g/mol. The number of ether oxygens (including phenoxy) is 1. The Morgan fingerprint density at radius 1 is 1.12 bits per heavy atom. The van der Waals surface area contributed by atoms with E-state index < -0.39 is 10.0 Å². The number of fused-ring (bicyclic) bond motifs is 1. The summed E-state index contributed by atoms with van der Waals surface area (Å²) in [6.07, 6.45) is 1.27. The van der Waals surface area contributed by atoms with E-state index in [-0.39, 0.29) is 15.6 Å². The first-order chi connectivity index (χ1) is 11.5. The molecule has 0 N–H and O–H groups in total. The summed E-state index contributed by atoms with van der Waals surface area (Å²) in [7, 11) is -2.33. The van der Waals surface area contributed by atoms with E-state index in [1.165, 1.54) is 25.6 Å². The van der Waals surface area contributed by atoms with Crippen molar-refractivity contribution in [1.29, 1.82) is 0 Å². The van der Waals surface area contributed by atoms with E-state index in [2.05, 4.69) is 22.6 Å². The number of rotatable bonds is 3. The van der Waals surface area contributed by atoms with Crippen LogP contribution in [0.3, 0.4) is 0 Å². The van der Waals surface area contributed by atoms with Crippen LogP contribution < -0.4 is 4.74 Å². The van der Waals surface area contributed by atoms with E-state index in [1.807, 2.05) is 13.8 Å². The lowest BCUT2D eigenvalue weighted by molar-refractivity contribution is 0.402. The molecule has 1 aromatic carbocycles. The van der Waals surface area contributed by atoms with Crippen LogP contribution in [0.4, 0.5) is 0 Å². The average Bonchev–Trinajstić information content (AvgIpc) is 2.89. The minimum absolute atomic E-state index is 0.166. The summed E-state index contributed by atoms with van der Waals surface area (Å²) in [6, 6.07) is 8.15. The van der Waals surface area contributed by atoms with Crippen LogP contribution >= 0.6 is 12.6 Å². The van der Waals surface area contributed by atoms with Gasteiger partial charge in [-0.2, -0.15) is 0 Å². The fourth-order valence-corrected chi connectivity index (χ4v) is 4.26. The van der Waals surface area contributed by atoms with Crippen LogP contribution in [-0.2, 0) is 10.0 Å². The normalized spacial score (nSPS) is 11.0. The van der Waals surface area contributed by atoms with Gasteiger partial charge in [0, 0.05) is 0 Å². The van der Waals surface area contributed by atoms with Crippen molar-refractivity contribution in [3.8, 4) is 5.88 Å². The smallest absolute Gasteiger partial charge is 0.270 e. The first-order valence-electron chi connectivity index (χ1n) is 7.38. The molecule has 24 heavy (non-hydrogen) atoms. The molecule has 6 nitrogen and oxygen atoms in total. The van der Waals surface area contributed by atoms with E-state index in [4.69, 9.17) is 4.74 Å². The summed E-state index contributed by atoms with van der Waals surface area (Å²) in [6.45, 7) is 5.76. The van der Waals surface area contributed by atoms with Crippen LogP contribution in [0, 0.1) is 6.92 Å². The SMILES string of the molecule is CC.COc1ncnc2c1c(C)c(S)n2S(=O)(=O)c1ccccc1. The quantitative estimate of drug-likeness (QED) is 0.721. The third kappa shape index (κ3) is 2.87. The van der Waals surface area contributed by atoms with E-state index in [0.29, 0.717) is 16.8 Å². The van der Waals surface area contributed by atoms with Gasteiger partial charge in [-0.15, -0.1) is 12.6 Å². The number of aromatic nitrogens is 3. The Morgan fingerprint density at radius 2 is 1.75 bits per heavy atom. The van der Waals surface area contributed by atoms with Gasteiger partial charge in [0.15, 0.2) is 5.65 Å². The Hall–Kier alpha value is -2.06. The van der Waals surface area contributed by atoms with E-state index in [0.717, 1.165) is 3.97 Å². The molecule has 128 valence electrons. The van der Waals surface area contributed by atoms with Crippen LogP contribution in [0.25, 0.3) is 11.0 Å². The Bertz CT molecular complexity index is 952. The molecule has 2 heterocycles. The Morgan fingerprint density at radius 3 is 2.33 bits per heavy atom. The zero-order chi connectivity index (χ0) is 17.9. The van der Waals surface area contributed by atoms with Crippen molar-refractivity contribution in [2.24, 2.45) is 0 Å². The molecule has 0 saturated heterocycles. The van der Waals surface area contributed by atoms with Crippen molar-refractivity contribution < 1.29 is 13.2 Å². The molecule has 2 aromatic heterocycles. The van der Waals surface area contributed by atoms with Crippen LogP contribution in [0.2, 0.25) is 0 Å². The van der Waals surface area contributed by atoms with Gasteiger partial charge in [0.05, 0.1) is 22.4 Å². The van der Waals surface area contributed by atoms with Gasteiger partial charge in [-0.1, -0.05) is 32.0 Å². The summed E-state index contributed by atoms with van der Waals surface area (Å²) in [5, 5.41) is 0.826. The van der Waals surface area contributed by atoms with Crippen LogP contribution in [0.1, 0.15) is 19.4 Å². The van der Waals surface area contributed by atoms with Gasteiger partial charge in [-0.3, -0.25) is 0 Å². The van der Waals surface area contributed by atoms with E-state index in [9.17, 15) is 8.42 Å². The van der Waals surface area contributed by atoms with Gasteiger partial charge in [0.1, 0.15) is 6.33 Å². The summed E-state index contributed by atoms with van der Waals surface area (Å²) in [5.74, 6) is 0.319. The highest BCUT2D eigenvalue weighted by Gasteiger charge is 2.26. The summed E-state index contributed by atoms with van der Waals surface area (Å²) >= 11 is 4.36. The van der Waals surface area contributed by atoms with Crippen molar-refractivity contribution in [2.75, 3.05) is 7.11 Å². The van der Waals surface area contributed by atoms with Crippen LogP contribution in [0.5, 0.6) is 5.88 Å². The van der Waals surface area contributed by atoms with Gasteiger partial charge < -0.3 is 4.74 Å². The molecule has 0 spiro atoms. The fourth-order valence-electron chi connectivity index (χ4n) is 2.29. The maximum absolute atomic E-state index is 12.9. The lowest BCUT2D eigenvalue weighted by Gasteiger charge is -2.08. The predicted molar refractivity (Wildman–Crippen MR) is 96.4 cm³/mol. The highest BCUT2D eigenvalue weighted by Crippen LogP contribution is 2.34. The largest absolute Gasteiger partial charge is 0.480 e. The van der Waals surface area contributed by atoms with Crippen molar-refractivity contribution in [3.05, 3.63) is 42.2 Å². The number of hydrogen-bond acceptors (Lipinski definition) is 6. The summed E-state index contributed by atoms with van der Waals surface area (Å²) in [5.41, 5.74) is 0.897. The molecule has 0 aliphatic heterocycles. The maximum Gasteiger partial charge on any atom is 0.270 e. The number of nitrogens with zero attached hydrogens (tertiary/aromatic N) is 3. The predicted octanol–water partition coefficient (Wildman–Crippen LogP) is 3.30. The van der Waals surface area contributed by atoms with Gasteiger partial charge in [-0.05, 0) is 24.6 Å². The molecule has 0 fully saturated rings. The third-order valence-corrected chi connectivity index (χ3v) is 5.74. The molecule has 0 atom stereocenters. The molecular formula is C16H19N3O3S2. The molecule has 0 saturated carbocycles. The van der Waals surface area contributed by atoms with Gasteiger partial charge in [0.2, 0.25) is 5.88 Å². The second-order valence-corrected chi connectivity index (χ2v) is 6.82. The lowest BCUT2D eigenvalue weighted by atomic mass is 10.3. The second-order valence-electron chi connectivity index (χ2n) is 4.61. The Kier molecular flexibility index (Phi) is 5.51. The lowest BCUT2D eigenvalue weighted by Crippen LogP contribution is -2.14.